The molecule has 0 bridgehead atoms. The Bertz CT molecular complexity index is 894. The van der Waals surface area contributed by atoms with Gasteiger partial charge in [0.1, 0.15) is 18.1 Å². The molecule has 0 aliphatic heterocycles. The molecule has 128 valence electrons. The van der Waals surface area contributed by atoms with Gasteiger partial charge in [-0.1, -0.05) is 12.1 Å². The van der Waals surface area contributed by atoms with Crippen molar-refractivity contribution in [1.82, 2.24) is 9.97 Å². The number of ether oxygens (including phenoxy) is 2. The predicted molar refractivity (Wildman–Crippen MR) is 92.8 cm³/mol. The van der Waals surface area contributed by atoms with Gasteiger partial charge in [0, 0.05) is 0 Å². The van der Waals surface area contributed by atoms with Crippen molar-refractivity contribution >= 4 is 17.0 Å². The molecule has 6 nitrogen and oxygen atoms in total. The fourth-order valence-electron chi connectivity index (χ4n) is 2.28. The molecule has 3 rings (SSSR count). The predicted octanol–water partition coefficient (Wildman–Crippen LogP) is 3.37. The molecule has 0 saturated heterocycles. The quantitative estimate of drug-likeness (QED) is 0.742. The fraction of sp³-hybridized carbons (Fsp3) is 0.211. The minimum absolute atomic E-state index is 0.301. The Morgan fingerprint density at radius 1 is 1.04 bits per heavy atom. The Balaban J connectivity index is 1.67. The molecule has 25 heavy (non-hydrogen) atoms. The molecule has 1 atom stereocenters. The highest BCUT2D eigenvalue weighted by molar-refractivity contribution is 5.74. The number of aliphatic carboxylic acids is 1. The molecule has 0 aliphatic carbocycles. The maximum Gasteiger partial charge on any atom is 0.344 e. The van der Waals surface area contributed by atoms with Crippen molar-refractivity contribution in [2.75, 3.05) is 0 Å². The monoisotopic (exact) mass is 338 g/mol. The van der Waals surface area contributed by atoms with Gasteiger partial charge in [-0.15, -0.1) is 0 Å². The van der Waals surface area contributed by atoms with E-state index in [0.717, 1.165) is 22.4 Å². The van der Waals surface area contributed by atoms with Gasteiger partial charge in [0.15, 0.2) is 6.10 Å². The zero-order valence-corrected chi connectivity index (χ0v) is 14.0. The van der Waals surface area contributed by atoms with Gasteiger partial charge in [0.2, 0.25) is 0 Å². The van der Waals surface area contributed by atoms with Crippen LogP contribution in [0.15, 0.2) is 48.5 Å². The molecule has 1 N–H and O–H groups in total. The van der Waals surface area contributed by atoms with Gasteiger partial charge in [-0.05, 0) is 50.2 Å². The largest absolute Gasteiger partial charge is 0.487 e. The molecule has 1 heterocycles. The maximum atomic E-state index is 10.8. The summed E-state index contributed by atoms with van der Waals surface area (Å²) in [6.45, 7) is 3.69. The minimum Gasteiger partial charge on any atom is -0.487 e. The summed E-state index contributed by atoms with van der Waals surface area (Å²) in [4.78, 5) is 19.9. The number of aryl methyl sites for hydroxylation is 1. The molecular weight excluding hydrogens is 320 g/mol. The van der Waals surface area contributed by atoms with Crippen LogP contribution in [0.5, 0.6) is 11.5 Å². The van der Waals surface area contributed by atoms with Crippen LogP contribution in [-0.2, 0) is 11.4 Å². The number of hydrogen-bond acceptors (Lipinski definition) is 5. The van der Waals surface area contributed by atoms with Gasteiger partial charge in [0.25, 0.3) is 0 Å². The van der Waals surface area contributed by atoms with E-state index in [4.69, 9.17) is 14.6 Å². The number of aromatic nitrogens is 2. The van der Waals surface area contributed by atoms with E-state index in [1.54, 1.807) is 24.3 Å². The summed E-state index contributed by atoms with van der Waals surface area (Å²) in [6.07, 6.45) is -0.901. The number of carbonyl (C=O) groups is 1. The molecule has 0 unspecified atom stereocenters. The molecule has 3 aromatic rings. The molecule has 0 aliphatic rings. The Kier molecular flexibility index (Phi) is 4.79. The number of rotatable bonds is 6. The summed E-state index contributed by atoms with van der Waals surface area (Å²) < 4.78 is 11.0. The van der Waals surface area contributed by atoms with E-state index in [-0.39, 0.29) is 0 Å². The van der Waals surface area contributed by atoms with Crippen molar-refractivity contribution in [3.8, 4) is 11.5 Å². The third kappa shape index (κ3) is 4.03. The smallest absolute Gasteiger partial charge is 0.344 e. The van der Waals surface area contributed by atoms with Gasteiger partial charge in [0.05, 0.1) is 22.4 Å². The van der Waals surface area contributed by atoms with Crippen LogP contribution in [0.4, 0.5) is 0 Å². The third-order valence-corrected chi connectivity index (χ3v) is 3.70. The first-order chi connectivity index (χ1) is 12.0. The van der Waals surface area contributed by atoms with Crippen LogP contribution in [0.3, 0.4) is 0 Å². The van der Waals surface area contributed by atoms with Gasteiger partial charge in [-0.2, -0.15) is 0 Å². The fourth-order valence-corrected chi connectivity index (χ4v) is 2.28. The van der Waals surface area contributed by atoms with Crippen LogP contribution >= 0.6 is 0 Å². The highest BCUT2D eigenvalue weighted by Gasteiger charge is 2.12. The third-order valence-electron chi connectivity index (χ3n) is 3.70. The maximum absolute atomic E-state index is 10.8. The van der Waals surface area contributed by atoms with E-state index in [1.165, 1.54) is 6.92 Å². The number of para-hydroxylation sites is 2. The molecule has 0 spiro atoms. The number of benzene rings is 2. The Morgan fingerprint density at radius 2 is 1.64 bits per heavy atom. The first-order valence-electron chi connectivity index (χ1n) is 7.87. The van der Waals surface area contributed by atoms with Crippen LogP contribution in [0.25, 0.3) is 11.0 Å². The average Bonchev–Trinajstić information content (AvgIpc) is 2.61. The molecule has 0 radical (unpaired) electrons. The number of carboxylic acid groups (broad SMARTS) is 1. The Labute approximate surface area is 145 Å². The van der Waals surface area contributed by atoms with Crippen LogP contribution < -0.4 is 9.47 Å². The summed E-state index contributed by atoms with van der Waals surface area (Å²) in [7, 11) is 0. The van der Waals surface area contributed by atoms with Gasteiger partial charge >= 0.3 is 5.97 Å². The Hall–Kier alpha value is -3.15. The molecule has 0 fully saturated rings. The second-order valence-electron chi connectivity index (χ2n) is 5.60. The number of hydrogen-bond donors (Lipinski definition) is 1. The molecule has 1 aromatic heterocycles. The highest BCUT2D eigenvalue weighted by Crippen LogP contribution is 2.20. The first-order valence-corrected chi connectivity index (χ1v) is 7.87. The van der Waals surface area contributed by atoms with Crippen LogP contribution in [-0.4, -0.2) is 27.1 Å². The Morgan fingerprint density at radius 3 is 2.28 bits per heavy atom. The topological polar surface area (TPSA) is 81.5 Å². The molecular formula is C19H18N2O4. The van der Waals surface area contributed by atoms with E-state index in [1.807, 2.05) is 31.2 Å². The minimum atomic E-state index is -1.01. The summed E-state index contributed by atoms with van der Waals surface area (Å²) >= 11 is 0. The van der Waals surface area contributed by atoms with Crippen LogP contribution in [0.1, 0.15) is 18.3 Å². The van der Waals surface area contributed by atoms with Crippen molar-refractivity contribution in [3.63, 3.8) is 0 Å². The summed E-state index contributed by atoms with van der Waals surface area (Å²) in [5.41, 5.74) is 3.29. The lowest BCUT2D eigenvalue weighted by Gasteiger charge is -2.12. The zero-order chi connectivity index (χ0) is 17.8. The second kappa shape index (κ2) is 7.17. The van der Waals surface area contributed by atoms with Crippen molar-refractivity contribution in [2.45, 2.75) is 26.6 Å². The number of carboxylic acids is 1. The van der Waals surface area contributed by atoms with E-state index in [2.05, 4.69) is 9.97 Å². The molecule has 6 heteroatoms. The highest BCUT2D eigenvalue weighted by atomic mass is 16.5. The summed E-state index contributed by atoms with van der Waals surface area (Å²) in [5.74, 6) is 0.110. The van der Waals surface area contributed by atoms with Crippen LogP contribution in [0.2, 0.25) is 0 Å². The lowest BCUT2D eigenvalue weighted by molar-refractivity contribution is -0.144. The SMILES string of the molecule is Cc1nc2ccccc2nc1COc1ccc(O[C@@H](C)C(=O)O)cc1. The molecule has 0 saturated carbocycles. The molecule has 2 aromatic carbocycles. The average molecular weight is 338 g/mol. The van der Waals surface area contributed by atoms with E-state index >= 15 is 0 Å². The number of nitrogens with zero attached hydrogens (tertiary/aromatic N) is 2. The van der Waals surface area contributed by atoms with Gasteiger partial charge < -0.3 is 14.6 Å². The van der Waals surface area contributed by atoms with E-state index in [0.29, 0.717) is 18.1 Å². The van der Waals surface area contributed by atoms with Gasteiger partial charge in [-0.25, -0.2) is 14.8 Å². The standard InChI is InChI=1S/C19H18N2O4/c1-12-18(21-17-6-4-3-5-16(17)20-12)11-24-14-7-9-15(10-8-14)25-13(2)19(22)23/h3-10,13H,11H2,1-2H3,(H,22,23)/t13-/m0/s1. The normalized spacial score (nSPS) is 11.9. The van der Waals surface area contributed by atoms with Crippen molar-refractivity contribution in [1.29, 1.82) is 0 Å². The van der Waals surface area contributed by atoms with E-state index in [9.17, 15) is 4.79 Å². The second-order valence-corrected chi connectivity index (χ2v) is 5.60. The van der Waals surface area contributed by atoms with Crippen molar-refractivity contribution < 1.29 is 19.4 Å². The van der Waals surface area contributed by atoms with Crippen molar-refractivity contribution in [3.05, 3.63) is 59.9 Å². The first kappa shape index (κ1) is 16.7. The molecule has 0 amide bonds. The summed E-state index contributed by atoms with van der Waals surface area (Å²) in [6, 6.07) is 14.5. The van der Waals surface area contributed by atoms with Crippen LogP contribution in [0, 0.1) is 6.92 Å². The van der Waals surface area contributed by atoms with E-state index < -0.39 is 12.1 Å². The van der Waals surface area contributed by atoms with Crippen molar-refractivity contribution in [2.24, 2.45) is 0 Å². The van der Waals surface area contributed by atoms with Gasteiger partial charge in [-0.3, -0.25) is 0 Å². The number of fused-ring (bicyclic) bond motifs is 1. The lowest BCUT2D eigenvalue weighted by Crippen LogP contribution is -2.22. The summed E-state index contributed by atoms with van der Waals surface area (Å²) in [5, 5.41) is 8.85. The lowest BCUT2D eigenvalue weighted by atomic mass is 10.2. The zero-order valence-electron chi connectivity index (χ0n) is 14.0.